The summed E-state index contributed by atoms with van der Waals surface area (Å²) in [6.07, 6.45) is 14.8. The summed E-state index contributed by atoms with van der Waals surface area (Å²) in [4.78, 5) is 114. The molecule has 0 bridgehead atoms. The molecule has 6 aliphatic rings. The molecule has 10 atom stereocenters. The van der Waals surface area contributed by atoms with E-state index >= 15 is 0 Å². The number of carbonyl (C=O) groups is 8. The van der Waals surface area contributed by atoms with Crippen molar-refractivity contribution in [3.63, 3.8) is 0 Å². The lowest BCUT2D eigenvalue weighted by molar-refractivity contribution is -0.139. The van der Waals surface area contributed by atoms with Gasteiger partial charge in [-0.05, 0) is 165 Å². The number of benzene rings is 3. The number of carbonyl (C=O) groups excluding carboxylic acids is 5. The summed E-state index contributed by atoms with van der Waals surface area (Å²) in [5.41, 5.74) is 2.85. The van der Waals surface area contributed by atoms with E-state index in [1.807, 2.05) is 0 Å². The van der Waals surface area contributed by atoms with Crippen LogP contribution in [0.15, 0.2) is 75.5 Å². The molecule has 10 N–H and O–H groups in total. The second-order valence-corrected chi connectivity index (χ2v) is 25.9. The van der Waals surface area contributed by atoms with Crippen LogP contribution in [0.1, 0.15) is 171 Å². The molecular weight excluding hydrogens is 1110 g/mol. The zero-order valence-electron chi connectivity index (χ0n) is 50.9. The Morgan fingerprint density at radius 2 is 1.38 bits per heavy atom. The third-order valence-electron chi connectivity index (χ3n) is 19.7. The first-order valence-electron chi connectivity index (χ1n) is 31.3. The smallest absolute Gasteiger partial charge is 0.336 e. The number of carboxylic acid groups (broad SMARTS) is 3. The molecule has 87 heavy (non-hydrogen) atoms. The van der Waals surface area contributed by atoms with Gasteiger partial charge in [0.2, 0.25) is 23.6 Å². The molecular formula is C67H88N6O14. The van der Waals surface area contributed by atoms with E-state index in [1.165, 1.54) is 99.9 Å². The van der Waals surface area contributed by atoms with E-state index in [0.717, 1.165) is 54.8 Å². The van der Waals surface area contributed by atoms with Crippen molar-refractivity contribution in [3.05, 3.63) is 87.6 Å². The zero-order valence-corrected chi connectivity index (χ0v) is 50.9. The molecule has 5 amide bonds. The molecule has 0 saturated heterocycles. The van der Waals surface area contributed by atoms with Crippen molar-refractivity contribution in [2.24, 2.45) is 46.3 Å². The van der Waals surface area contributed by atoms with Gasteiger partial charge in [0, 0.05) is 85.6 Å². The number of fused-ring (bicyclic) bond motifs is 7. The number of amides is 5. The summed E-state index contributed by atoms with van der Waals surface area (Å²) in [5, 5.41) is 56.5. The van der Waals surface area contributed by atoms with Crippen LogP contribution in [-0.4, -0.2) is 112 Å². The van der Waals surface area contributed by atoms with Gasteiger partial charge in [-0.25, -0.2) is 4.79 Å². The first kappa shape index (κ1) is 65.4. The average molecular weight is 1200 g/mol. The fourth-order valence-corrected chi connectivity index (χ4v) is 15.2. The highest BCUT2D eigenvalue weighted by Crippen LogP contribution is 2.67. The molecule has 3 saturated carbocycles. The predicted molar refractivity (Wildman–Crippen MR) is 328 cm³/mol. The number of phenolic OH excluding ortho intramolecular Hbond substituents is 1. The third kappa shape index (κ3) is 15.9. The first-order valence-corrected chi connectivity index (χ1v) is 31.3. The Morgan fingerprint density at radius 3 is 2.10 bits per heavy atom. The van der Waals surface area contributed by atoms with Gasteiger partial charge < -0.3 is 56.7 Å². The summed E-state index contributed by atoms with van der Waals surface area (Å²) >= 11 is 0. The van der Waals surface area contributed by atoms with Crippen molar-refractivity contribution in [2.75, 3.05) is 26.2 Å². The molecule has 2 aromatic carbocycles. The van der Waals surface area contributed by atoms with Gasteiger partial charge in [0.25, 0.3) is 5.91 Å². The third-order valence-corrected chi connectivity index (χ3v) is 19.7. The monoisotopic (exact) mass is 1200 g/mol. The Bertz CT molecular complexity index is 3260. The second-order valence-electron chi connectivity index (χ2n) is 25.9. The lowest BCUT2D eigenvalue weighted by Crippen LogP contribution is -2.54. The van der Waals surface area contributed by atoms with Gasteiger partial charge in [0.15, 0.2) is 5.43 Å². The first-order chi connectivity index (χ1) is 41.4. The summed E-state index contributed by atoms with van der Waals surface area (Å²) in [6, 6.07) is 9.98. The number of aromatic carboxylic acids is 1. The van der Waals surface area contributed by atoms with E-state index < -0.39 is 72.4 Å². The van der Waals surface area contributed by atoms with Crippen LogP contribution in [-0.2, 0) is 28.8 Å². The molecule has 3 fully saturated rings. The van der Waals surface area contributed by atoms with E-state index in [2.05, 4.69) is 72.6 Å². The quantitative estimate of drug-likeness (QED) is 0.0138. The normalized spacial score (nSPS) is 23.2. The summed E-state index contributed by atoms with van der Waals surface area (Å²) in [7, 11) is 0. The molecule has 4 unspecified atom stereocenters. The summed E-state index contributed by atoms with van der Waals surface area (Å²) < 4.78 is 5.87. The van der Waals surface area contributed by atoms with Crippen molar-refractivity contribution in [3.8, 4) is 28.2 Å². The molecule has 0 radical (unpaired) electrons. The van der Waals surface area contributed by atoms with Gasteiger partial charge in [0.1, 0.15) is 29.2 Å². The molecule has 5 aliphatic carbocycles. The van der Waals surface area contributed by atoms with E-state index in [9.17, 15) is 63.6 Å². The highest BCUT2D eigenvalue weighted by atomic mass is 16.4. The Labute approximate surface area is 508 Å². The van der Waals surface area contributed by atoms with E-state index in [1.54, 1.807) is 11.6 Å². The van der Waals surface area contributed by atoms with Gasteiger partial charge >= 0.3 is 17.9 Å². The zero-order chi connectivity index (χ0) is 62.7. The molecule has 20 nitrogen and oxygen atoms in total. The topological polar surface area (TPSA) is 320 Å². The number of hydrogen-bond donors (Lipinski definition) is 10. The van der Waals surface area contributed by atoms with Crippen LogP contribution >= 0.6 is 0 Å². The average Bonchev–Trinajstić information content (AvgIpc) is 1.73. The van der Waals surface area contributed by atoms with Crippen molar-refractivity contribution < 1.29 is 63.2 Å². The number of allylic oxidation sites excluding steroid dienone is 1. The molecule has 0 aromatic heterocycles. The van der Waals surface area contributed by atoms with Crippen LogP contribution in [0.25, 0.3) is 33.4 Å². The Balaban J connectivity index is 0.768. The maximum atomic E-state index is 13.6. The van der Waals surface area contributed by atoms with Gasteiger partial charge in [-0.2, -0.15) is 0 Å². The van der Waals surface area contributed by atoms with Crippen molar-refractivity contribution >= 4 is 58.4 Å². The maximum absolute atomic E-state index is 13.6. The fraction of sp³-hybridized carbons (Fsp3) is 0.567. The molecule has 1 heterocycles. The minimum Gasteiger partial charge on any atom is -0.508 e. The van der Waals surface area contributed by atoms with Gasteiger partial charge in [-0.1, -0.05) is 71.6 Å². The standard InChI is InChI=1S/C67H88N6O14/c1-38(2)8-6-9-39(3)50-18-19-51-46-15-11-41-35-42(24-28-66(41,4)52(46)25-29-67(50,51)5)68-30-7-31-70-63(83)53(20-22-59(78)79)73-64(84)54(21-23-60(80)81)72-58(77)27-32-69-57(76)26-33-71-62(82)40-10-14-45(49(34-40)65(85)86)61-47-16-12-43(74)36-55(47)87-56-37-44(75)13-17-48(56)61/h10-14,16-17,34,36-39,42,46,50-54,68,74H,6-9,15,18-33,35H2,1-5H3,(H,69,76)(H,70,83)(H,71,82)(H,72,77)(H,73,84)(H,78,79)(H,80,81)(H,85,86)/t39-,42+,46-,50?,51+,52?,53+,54+,66?,67?/m1/s1. The summed E-state index contributed by atoms with van der Waals surface area (Å²) in [5.74, 6) is -2.58. The van der Waals surface area contributed by atoms with E-state index in [4.69, 9.17) is 4.42 Å². The fourth-order valence-electron chi connectivity index (χ4n) is 15.2. The Kier molecular flexibility index (Phi) is 21.7. The minimum absolute atomic E-state index is 0.0303. The van der Waals surface area contributed by atoms with E-state index in [0.29, 0.717) is 40.9 Å². The number of carboxylic acids is 3. The largest absolute Gasteiger partial charge is 0.508 e. The van der Waals surface area contributed by atoms with Gasteiger partial charge in [0.05, 0.1) is 5.56 Å². The van der Waals surface area contributed by atoms with Crippen LogP contribution in [0.5, 0.6) is 5.75 Å². The molecule has 1 aliphatic heterocycles. The molecule has 470 valence electrons. The van der Waals surface area contributed by atoms with Crippen molar-refractivity contribution in [2.45, 2.75) is 168 Å². The van der Waals surface area contributed by atoms with Crippen LogP contribution in [0, 0.1) is 46.3 Å². The number of phenols is 1. The van der Waals surface area contributed by atoms with Gasteiger partial charge in [-0.15, -0.1) is 0 Å². The number of aromatic hydroxyl groups is 1. The second kappa shape index (κ2) is 28.9. The lowest BCUT2D eigenvalue weighted by Gasteiger charge is -2.58. The number of nitrogens with one attached hydrogen (secondary N) is 6. The Morgan fingerprint density at radius 1 is 0.667 bits per heavy atom. The van der Waals surface area contributed by atoms with Crippen LogP contribution in [0.3, 0.4) is 0 Å². The maximum Gasteiger partial charge on any atom is 0.336 e. The number of aliphatic carboxylic acids is 2. The highest BCUT2D eigenvalue weighted by Gasteiger charge is 2.59. The number of rotatable bonds is 29. The lowest BCUT2D eigenvalue weighted by atomic mass is 9.47. The molecule has 2 aromatic rings. The Hall–Kier alpha value is -7.61. The van der Waals surface area contributed by atoms with Crippen LogP contribution < -0.4 is 37.3 Å². The molecule has 20 heteroatoms. The van der Waals surface area contributed by atoms with Crippen molar-refractivity contribution in [1.82, 2.24) is 31.9 Å². The van der Waals surface area contributed by atoms with Crippen LogP contribution in [0.2, 0.25) is 0 Å². The van der Waals surface area contributed by atoms with Crippen molar-refractivity contribution in [1.29, 1.82) is 0 Å². The van der Waals surface area contributed by atoms with Crippen LogP contribution in [0.4, 0.5) is 0 Å². The van der Waals surface area contributed by atoms with Gasteiger partial charge in [-0.3, -0.25) is 38.4 Å². The number of hydrogen-bond acceptors (Lipinski definition) is 12. The predicted octanol–water partition coefficient (Wildman–Crippen LogP) is 8.80. The summed E-state index contributed by atoms with van der Waals surface area (Å²) in [6.45, 7) is 12.9. The van der Waals surface area contributed by atoms with E-state index in [-0.39, 0.29) is 89.9 Å². The molecule has 0 spiro atoms. The highest BCUT2D eigenvalue weighted by molar-refractivity contribution is 6.09. The SMILES string of the molecule is CC(C)CCC[C@@H](C)C1CC[C@H]2[C@H]3CC=C4C[C@@H](NCCCNC(=O)[C@H](CCC(=O)O)NC(=O)[C@H](CCC(=O)O)NC(=O)CCNC(=O)CCNC(=O)c5ccc(-c6c7ccc(=O)cc-7oc7cc(O)ccc67)c(C(=O)O)c5)CCC4(C)C3CCC12C. The molecule has 8 rings (SSSR count). The minimum atomic E-state index is -1.42.